The zero-order valence-corrected chi connectivity index (χ0v) is 4.88. The predicted molar refractivity (Wildman–Crippen MR) is 31.3 cm³/mol. The summed E-state index contributed by atoms with van der Waals surface area (Å²) < 4.78 is 0. The third-order valence-corrected chi connectivity index (χ3v) is 1.52. The van der Waals surface area contributed by atoms with Crippen molar-refractivity contribution >= 4 is 0 Å². The Kier molecular flexibility index (Phi) is 1.83. The number of aliphatic hydroxyl groups excluding tert-OH is 1. The summed E-state index contributed by atoms with van der Waals surface area (Å²) in [6, 6.07) is 0. The van der Waals surface area contributed by atoms with E-state index in [0.29, 0.717) is 6.54 Å². The van der Waals surface area contributed by atoms with E-state index >= 15 is 0 Å². The molecule has 0 amide bonds. The Balaban J connectivity index is 2.13. The molecule has 0 aromatic heterocycles. The second kappa shape index (κ2) is 2.44. The van der Waals surface area contributed by atoms with Gasteiger partial charge in [0.2, 0.25) is 0 Å². The monoisotopic (exact) mass is 116 g/mol. The Hall–Kier alpha value is -0.120. The van der Waals surface area contributed by atoms with Gasteiger partial charge in [-0.05, 0) is 6.42 Å². The normalized spacial score (nSPS) is 24.8. The molecule has 1 atom stereocenters. The van der Waals surface area contributed by atoms with E-state index in [9.17, 15) is 0 Å². The van der Waals surface area contributed by atoms with Gasteiger partial charge >= 0.3 is 0 Å². The smallest absolute Gasteiger partial charge is 0.119 e. The number of rotatable bonds is 2. The molecular weight excluding hydrogens is 104 g/mol. The number of likely N-dealkylation sites (tertiary alicyclic amines) is 1. The lowest BCUT2D eigenvalue weighted by molar-refractivity contribution is -0.0271. The highest BCUT2D eigenvalue weighted by molar-refractivity contribution is 4.71. The molecule has 48 valence electrons. The number of hydrogen-bond acceptors (Lipinski definition) is 3. The fourth-order valence-corrected chi connectivity index (χ4v) is 0.788. The van der Waals surface area contributed by atoms with E-state index in [1.807, 2.05) is 4.90 Å². The van der Waals surface area contributed by atoms with Crippen molar-refractivity contribution in [1.29, 1.82) is 0 Å². The summed E-state index contributed by atoms with van der Waals surface area (Å²) in [5, 5.41) is 8.98. The van der Waals surface area contributed by atoms with E-state index in [-0.39, 0.29) is 6.23 Å². The summed E-state index contributed by atoms with van der Waals surface area (Å²) in [5.74, 6) is 0. The van der Waals surface area contributed by atoms with Gasteiger partial charge in [0.15, 0.2) is 0 Å². The first kappa shape index (κ1) is 6.01. The summed E-state index contributed by atoms with van der Waals surface area (Å²) >= 11 is 0. The van der Waals surface area contributed by atoms with Gasteiger partial charge in [0, 0.05) is 19.6 Å². The summed E-state index contributed by atoms with van der Waals surface area (Å²) in [7, 11) is 0. The van der Waals surface area contributed by atoms with Crippen LogP contribution in [0.3, 0.4) is 0 Å². The Morgan fingerprint density at radius 1 is 1.62 bits per heavy atom. The maximum Gasteiger partial charge on any atom is 0.119 e. The molecule has 0 radical (unpaired) electrons. The lowest BCUT2D eigenvalue weighted by Crippen LogP contribution is -2.48. The first-order chi connectivity index (χ1) is 3.84. The highest BCUT2D eigenvalue weighted by atomic mass is 16.3. The molecule has 0 aromatic rings. The van der Waals surface area contributed by atoms with Gasteiger partial charge in [0.25, 0.3) is 0 Å². The molecule has 1 heterocycles. The van der Waals surface area contributed by atoms with E-state index in [1.165, 1.54) is 6.42 Å². The molecule has 1 saturated heterocycles. The minimum atomic E-state index is -0.385. The van der Waals surface area contributed by atoms with Crippen LogP contribution in [0.25, 0.3) is 0 Å². The maximum atomic E-state index is 8.98. The fraction of sp³-hybridized carbons (Fsp3) is 1.00. The molecule has 0 saturated carbocycles. The van der Waals surface area contributed by atoms with Gasteiger partial charge in [-0.15, -0.1) is 0 Å². The van der Waals surface area contributed by atoms with E-state index in [4.69, 9.17) is 10.8 Å². The zero-order valence-electron chi connectivity index (χ0n) is 4.88. The Bertz CT molecular complexity index is 70.1. The van der Waals surface area contributed by atoms with Gasteiger partial charge < -0.3 is 10.8 Å². The predicted octanol–water partition coefficient (Wildman–Crippen LogP) is -1.03. The van der Waals surface area contributed by atoms with Gasteiger partial charge in [-0.2, -0.15) is 0 Å². The summed E-state index contributed by atoms with van der Waals surface area (Å²) in [6.45, 7) is 2.39. The summed E-state index contributed by atoms with van der Waals surface area (Å²) in [5.41, 5.74) is 5.19. The van der Waals surface area contributed by atoms with Crippen LogP contribution in [0.15, 0.2) is 0 Å². The Labute approximate surface area is 49.1 Å². The lowest BCUT2D eigenvalue weighted by atomic mass is 10.2. The van der Waals surface area contributed by atoms with Crippen molar-refractivity contribution in [1.82, 2.24) is 4.90 Å². The third kappa shape index (κ3) is 0.992. The molecule has 1 unspecified atom stereocenters. The molecule has 8 heavy (non-hydrogen) atoms. The van der Waals surface area contributed by atoms with Crippen LogP contribution >= 0.6 is 0 Å². The molecule has 0 spiro atoms. The molecule has 1 rings (SSSR count). The highest BCUT2D eigenvalue weighted by Gasteiger charge is 2.19. The van der Waals surface area contributed by atoms with Crippen molar-refractivity contribution < 1.29 is 5.11 Å². The second-order valence-corrected chi connectivity index (χ2v) is 2.11. The van der Waals surface area contributed by atoms with Gasteiger partial charge in [-0.1, -0.05) is 0 Å². The summed E-state index contributed by atoms with van der Waals surface area (Å²) in [6.07, 6.45) is 0.820. The van der Waals surface area contributed by atoms with Crippen LogP contribution in [0.1, 0.15) is 6.42 Å². The quantitative estimate of drug-likeness (QED) is 0.485. The molecule has 1 fully saturated rings. The first-order valence-electron chi connectivity index (χ1n) is 2.97. The van der Waals surface area contributed by atoms with Crippen molar-refractivity contribution in [3.63, 3.8) is 0 Å². The van der Waals surface area contributed by atoms with E-state index in [0.717, 1.165) is 13.1 Å². The molecule has 1 aliphatic rings. The van der Waals surface area contributed by atoms with Crippen LogP contribution in [0, 0.1) is 0 Å². The molecule has 0 aliphatic carbocycles. The number of hydrogen-bond donors (Lipinski definition) is 2. The molecular formula is C5H12N2O. The van der Waals surface area contributed by atoms with Crippen LogP contribution < -0.4 is 5.73 Å². The van der Waals surface area contributed by atoms with Crippen LogP contribution in [0.2, 0.25) is 0 Å². The van der Waals surface area contributed by atoms with Crippen LogP contribution in [0.5, 0.6) is 0 Å². The van der Waals surface area contributed by atoms with Crippen molar-refractivity contribution in [2.24, 2.45) is 5.73 Å². The fourth-order valence-electron chi connectivity index (χ4n) is 0.788. The minimum absolute atomic E-state index is 0.361. The van der Waals surface area contributed by atoms with Crippen LogP contribution in [-0.2, 0) is 0 Å². The molecule has 0 aromatic carbocycles. The van der Waals surface area contributed by atoms with Gasteiger partial charge in [0.1, 0.15) is 6.23 Å². The molecule has 3 heteroatoms. The van der Waals surface area contributed by atoms with Crippen molar-refractivity contribution in [3.8, 4) is 0 Å². The molecule has 0 bridgehead atoms. The third-order valence-electron chi connectivity index (χ3n) is 1.52. The van der Waals surface area contributed by atoms with Crippen LogP contribution in [-0.4, -0.2) is 35.9 Å². The average molecular weight is 116 g/mol. The minimum Gasteiger partial charge on any atom is -0.377 e. The molecule has 1 aliphatic heterocycles. The van der Waals surface area contributed by atoms with Crippen LogP contribution in [0.4, 0.5) is 0 Å². The summed E-state index contributed by atoms with van der Waals surface area (Å²) in [4.78, 5) is 1.96. The molecule has 3 nitrogen and oxygen atoms in total. The zero-order chi connectivity index (χ0) is 5.98. The Morgan fingerprint density at radius 3 is 2.38 bits per heavy atom. The maximum absolute atomic E-state index is 8.98. The topological polar surface area (TPSA) is 49.5 Å². The van der Waals surface area contributed by atoms with Gasteiger partial charge in [0.05, 0.1) is 0 Å². The van der Waals surface area contributed by atoms with Crippen molar-refractivity contribution in [2.45, 2.75) is 12.6 Å². The average Bonchev–Trinajstić information content (AvgIpc) is 1.62. The largest absolute Gasteiger partial charge is 0.377 e. The van der Waals surface area contributed by atoms with Gasteiger partial charge in [-0.3, -0.25) is 4.90 Å². The Morgan fingerprint density at radius 2 is 2.25 bits per heavy atom. The van der Waals surface area contributed by atoms with E-state index in [2.05, 4.69) is 0 Å². The number of nitrogens with two attached hydrogens (primary N) is 1. The molecule has 3 N–H and O–H groups in total. The second-order valence-electron chi connectivity index (χ2n) is 2.11. The van der Waals surface area contributed by atoms with Crippen molar-refractivity contribution in [2.75, 3.05) is 19.6 Å². The standard InChI is InChI=1S/C5H12N2O/c6-4-5(8)7-2-1-3-7/h5,8H,1-4,6H2. The van der Waals surface area contributed by atoms with E-state index < -0.39 is 0 Å². The number of nitrogens with zero attached hydrogens (tertiary/aromatic N) is 1. The SMILES string of the molecule is NCC(O)N1CCC1. The first-order valence-corrected chi connectivity index (χ1v) is 2.97. The highest BCUT2D eigenvalue weighted by Crippen LogP contribution is 2.07. The van der Waals surface area contributed by atoms with Crippen molar-refractivity contribution in [3.05, 3.63) is 0 Å². The number of aliphatic hydroxyl groups is 1. The van der Waals surface area contributed by atoms with E-state index in [1.54, 1.807) is 0 Å². The lowest BCUT2D eigenvalue weighted by Gasteiger charge is -2.34. The van der Waals surface area contributed by atoms with Gasteiger partial charge in [-0.25, -0.2) is 0 Å².